The van der Waals surface area contributed by atoms with Gasteiger partial charge in [0.25, 0.3) is 0 Å². The van der Waals surface area contributed by atoms with E-state index < -0.39 is 10.0 Å². The van der Waals surface area contributed by atoms with Crippen LogP contribution in [0.5, 0.6) is 0 Å². The number of urea groups is 1. The molecule has 3 rings (SSSR count). The van der Waals surface area contributed by atoms with Crippen LogP contribution >= 0.6 is 0 Å². The molecule has 28 heavy (non-hydrogen) atoms. The summed E-state index contributed by atoms with van der Waals surface area (Å²) in [7, 11) is -3.53. The molecule has 0 saturated carbocycles. The van der Waals surface area contributed by atoms with Crippen molar-refractivity contribution in [2.75, 3.05) is 25.0 Å². The summed E-state index contributed by atoms with van der Waals surface area (Å²) in [5, 5.41) is 2.75. The third kappa shape index (κ3) is 5.30. The Bertz CT molecular complexity index is 924. The molecule has 1 fully saturated rings. The van der Waals surface area contributed by atoms with Crippen molar-refractivity contribution in [2.24, 2.45) is 5.92 Å². The monoisotopic (exact) mass is 405 g/mol. The fourth-order valence-corrected chi connectivity index (χ4v) is 4.39. The van der Waals surface area contributed by atoms with Gasteiger partial charge in [-0.15, -0.1) is 0 Å². The van der Waals surface area contributed by atoms with Crippen molar-refractivity contribution in [1.82, 2.24) is 9.62 Å². The topological polar surface area (TPSA) is 78.5 Å². The van der Waals surface area contributed by atoms with E-state index in [2.05, 4.69) is 10.0 Å². The van der Waals surface area contributed by atoms with Crippen LogP contribution in [0.1, 0.15) is 18.4 Å². The minimum Gasteiger partial charge on any atom is -0.325 e. The number of likely N-dealkylation sites (tertiary alicyclic amines) is 1. The molecule has 1 aliphatic heterocycles. The Labute approximate surface area is 164 Å². The van der Waals surface area contributed by atoms with Crippen LogP contribution in [0.3, 0.4) is 0 Å². The van der Waals surface area contributed by atoms with Gasteiger partial charge in [0.15, 0.2) is 0 Å². The predicted octanol–water partition coefficient (Wildman–Crippen LogP) is 3.36. The van der Waals surface area contributed by atoms with E-state index in [0.717, 1.165) is 5.56 Å². The highest BCUT2D eigenvalue weighted by Crippen LogP contribution is 2.19. The Balaban J connectivity index is 1.47. The number of amides is 2. The molecule has 1 aliphatic rings. The third-order valence-electron chi connectivity index (χ3n) is 4.86. The zero-order valence-electron chi connectivity index (χ0n) is 15.7. The largest absolute Gasteiger partial charge is 0.325 e. The standard InChI is InChI=1S/C20H24FN3O3S/c1-15-3-2-4-19(13-15)28(26,27)22-14-16-9-11-24(12-10-16)20(25)23-18-7-5-17(21)6-8-18/h2-8,13,16,22H,9-12,14H2,1H3,(H,23,25). The second kappa shape index (κ2) is 8.70. The summed E-state index contributed by atoms with van der Waals surface area (Å²) >= 11 is 0. The number of hydrogen-bond acceptors (Lipinski definition) is 3. The molecule has 2 amide bonds. The van der Waals surface area contributed by atoms with E-state index in [1.807, 2.05) is 13.0 Å². The summed E-state index contributed by atoms with van der Waals surface area (Å²) in [6.45, 7) is 3.29. The number of nitrogens with zero attached hydrogens (tertiary/aromatic N) is 1. The number of nitrogens with one attached hydrogen (secondary N) is 2. The summed E-state index contributed by atoms with van der Waals surface area (Å²) in [5.74, 6) is -0.179. The first-order chi connectivity index (χ1) is 13.3. The van der Waals surface area contributed by atoms with Crippen molar-refractivity contribution in [3.63, 3.8) is 0 Å². The Morgan fingerprint density at radius 1 is 1.14 bits per heavy atom. The molecule has 1 heterocycles. The first kappa shape index (κ1) is 20.3. The normalized spacial score (nSPS) is 15.4. The number of benzene rings is 2. The molecule has 2 aromatic rings. The van der Waals surface area contributed by atoms with Gasteiger partial charge in [-0.2, -0.15) is 0 Å². The second-order valence-corrected chi connectivity index (χ2v) is 8.80. The van der Waals surface area contributed by atoms with Crippen molar-refractivity contribution >= 4 is 21.7 Å². The number of rotatable bonds is 5. The number of carbonyl (C=O) groups excluding carboxylic acids is 1. The number of piperidine rings is 1. The molecule has 2 aromatic carbocycles. The van der Waals surface area contributed by atoms with Crippen molar-refractivity contribution in [3.05, 3.63) is 59.9 Å². The van der Waals surface area contributed by atoms with Gasteiger partial charge in [-0.1, -0.05) is 12.1 Å². The van der Waals surface area contributed by atoms with Gasteiger partial charge in [0.1, 0.15) is 5.82 Å². The van der Waals surface area contributed by atoms with Crippen LogP contribution in [0.4, 0.5) is 14.9 Å². The van der Waals surface area contributed by atoms with Gasteiger partial charge < -0.3 is 10.2 Å². The van der Waals surface area contributed by atoms with Crippen LogP contribution < -0.4 is 10.0 Å². The molecule has 1 saturated heterocycles. The highest BCUT2D eigenvalue weighted by Gasteiger charge is 2.24. The molecule has 2 N–H and O–H groups in total. The van der Waals surface area contributed by atoms with Crippen LogP contribution in [-0.4, -0.2) is 39.0 Å². The van der Waals surface area contributed by atoms with Gasteiger partial charge in [0.2, 0.25) is 10.0 Å². The number of carbonyl (C=O) groups is 1. The van der Waals surface area contributed by atoms with Gasteiger partial charge in [-0.3, -0.25) is 0 Å². The molecule has 0 bridgehead atoms. The van der Waals surface area contributed by atoms with Gasteiger partial charge in [0, 0.05) is 25.3 Å². The summed E-state index contributed by atoms with van der Waals surface area (Å²) in [6, 6.07) is 12.2. The fourth-order valence-electron chi connectivity index (χ4n) is 3.17. The van der Waals surface area contributed by atoms with Crippen LogP contribution in [0, 0.1) is 18.7 Å². The van der Waals surface area contributed by atoms with E-state index in [9.17, 15) is 17.6 Å². The molecule has 0 aromatic heterocycles. The zero-order chi connectivity index (χ0) is 20.1. The fraction of sp³-hybridized carbons (Fsp3) is 0.350. The smallest absolute Gasteiger partial charge is 0.321 e. The minimum atomic E-state index is -3.53. The summed E-state index contributed by atoms with van der Waals surface area (Å²) < 4.78 is 40.4. The van der Waals surface area contributed by atoms with E-state index in [1.165, 1.54) is 24.3 Å². The number of halogens is 1. The van der Waals surface area contributed by atoms with E-state index >= 15 is 0 Å². The zero-order valence-corrected chi connectivity index (χ0v) is 16.5. The molecule has 6 nitrogen and oxygen atoms in total. The first-order valence-corrected chi connectivity index (χ1v) is 10.7. The number of hydrogen-bond donors (Lipinski definition) is 2. The molecule has 8 heteroatoms. The van der Waals surface area contributed by atoms with Gasteiger partial charge in [-0.05, 0) is 67.6 Å². The van der Waals surface area contributed by atoms with Crippen molar-refractivity contribution in [1.29, 1.82) is 0 Å². The van der Waals surface area contributed by atoms with Gasteiger partial charge >= 0.3 is 6.03 Å². The lowest BCUT2D eigenvalue weighted by atomic mass is 9.97. The van der Waals surface area contributed by atoms with E-state index in [1.54, 1.807) is 23.1 Å². The number of aryl methyl sites for hydroxylation is 1. The molecule has 150 valence electrons. The molecule has 0 unspecified atom stereocenters. The second-order valence-electron chi connectivity index (χ2n) is 7.04. The maximum absolute atomic E-state index is 12.9. The van der Waals surface area contributed by atoms with E-state index in [4.69, 9.17) is 0 Å². The van der Waals surface area contributed by atoms with Crippen LogP contribution in [-0.2, 0) is 10.0 Å². The molecule has 0 aliphatic carbocycles. The van der Waals surface area contributed by atoms with Crippen LogP contribution in [0.2, 0.25) is 0 Å². The Morgan fingerprint density at radius 3 is 2.46 bits per heavy atom. The van der Waals surface area contributed by atoms with Crippen molar-refractivity contribution in [3.8, 4) is 0 Å². The Kier molecular flexibility index (Phi) is 6.31. The summed E-state index contributed by atoms with van der Waals surface area (Å²) in [4.78, 5) is 14.3. The van der Waals surface area contributed by atoms with Crippen molar-refractivity contribution in [2.45, 2.75) is 24.7 Å². The lowest BCUT2D eigenvalue weighted by molar-refractivity contribution is 0.183. The molecular formula is C20H24FN3O3S. The van der Waals surface area contributed by atoms with Gasteiger partial charge in [0.05, 0.1) is 4.90 Å². The number of anilines is 1. The van der Waals surface area contributed by atoms with Crippen LogP contribution in [0.25, 0.3) is 0 Å². The molecular weight excluding hydrogens is 381 g/mol. The van der Waals surface area contributed by atoms with E-state index in [0.29, 0.717) is 38.2 Å². The highest BCUT2D eigenvalue weighted by atomic mass is 32.2. The molecule has 0 spiro atoms. The average Bonchev–Trinajstić information content (AvgIpc) is 2.68. The minimum absolute atomic E-state index is 0.175. The maximum atomic E-state index is 12.9. The summed E-state index contributed by atoms with van der Waals surface area (Å²) in [6.07, 6.45) is 1.43. The quantitative estimate of drug-likeness (QED) is 0.801. The highest BCUT2D eigenvalue weighted by molar-refractivity contribution is 7.89. The van der Waals surface area contributed by atoms with Crippen molar-refractivity contribution < 1.29 is 17.6 Å². The van der Waals surface area contributed by atoms with E-state index in [-0.39, 0.29) is 22.7 Å². The average molecular weight is 405 g/mol. The van der Waals surface area contributed by atoms with Gasteiger partial charge in [-0.25, -0.2) is 22.3 Å². The predicted molar refractivity (Wildman–Crippen MR) is 106 cm³/mol. The molecule has 0 atom stereocenters. The Morgan fingerprint density at radius 2 is 1.82 bits per heavy atom. The SMILES string of the molecule is Cc1cccc(S(=O)(=O)NCC2CCN(C(=O)Nc3ccc(F)cc3)CC2)c1. The van der Waals surface area contributed by atoms with Crippen LogP contribution in [0.15, 0.2) is 53.4 Å². The first-order valence-electron chi connectivity index (χ1n) is 9.21. The third-order valence-corrected chi connectivity index (χ3v) is 6.28. The summed E-state index contributed by atoms with van der Waals surface area (Å²) in [5.41, 5.74) is 1.43. The number of sulfonamides is 1. The Hall–Kier alpha value is -2.45. The maximum Gasteiger partial charge on any atom is 0.321 e. The lowest BCUT2D eigenvalue weighted by Gasteiger charge is -2.32. The lowest BCUT2D eigenvalue weighted by Crippen LogP contribution is -2.43. The molecule has 0 radical (unpaired) electrons.